The fourth-order valence-corrected chi connectivity index (χ4v) is 2.19. The second-order valence-electron chi connectivity index (χ2n) is 4.98. The zero-order valence-corrected chi connectivity index (χ0v) is 11.0. The van der Waals surface area contributed by atoms with Gasteiger partial charge < -0.3 is 5.73 Å². The number of aromatic nitrogens is 2. The van der Waals surface area contributed by atoms with Crippen LogP contribution < -0.4 is 5.73 Å². The normalized spacial score (nSPS) is 14.2. The fraction of sp³-hybridized carbons (Fsp3) is 0.125. The summed E-state index contributed by atoms with van der Waals surface area (Å²) in [6.45, 7) is 1.85. The quantitative estimate of drug-likeness (QED) is 0.776. The molecule has 20 heavy (non-hydrogen) atoms. The third-order valence-electron chi connectivity index (χ3n) is 3.45. The largest absolute Gasteiger partial charge is 0.317 e. The van der Waals surface area contributed by atoms with Gasteiger partial charge in [-0.15, -0.1) is 0 Å². The van der Waals surface area contributed by atoms with Gasteiger partial charge in [-0.25, -0.2) is 4.39 Å². The lowest BCUT2D eigenvalue weighted by Gasteiger charge is -2.24. The highest BCUT2D eigenvalue weighted by Crippen LogP contribution is 2.26. The van der Waals surface area contributed by atoms with E-state index in [9.17, 15) is 4.39 Å². The van der Waals surface area contributed by atoms with Crippen LogP contribution in [-0.4, -0.2) is 9.97 Å². The van der Waals surface area contributed by atoms with Crippen molar-refractivity contribution in [3.05, 3.63) is 71.9 Å². The van der Waals surface area contributed by atoms with Gasteiger partial charge >= 0.3 is 0 Å². The lowest BCUT2D eigenvalue weighted by molar-refractivity contribution is 0.567. The zero-order valence-electron chi connectivity index (χ0n) is 11.0. The maximum atomic E-state index is 13.0. The Kier molecular flexibility index (Phi) is 2.95. The number of halogens is 1. The Morgan fingerprint density at radius 3 is 2.60 bits per heavy atom. The molecule has 0 spiro atoms. The van der Waals surface area contributed by atoms with Crippen LogP contribution in [0.4, 0.5) is 4.39 Å². The van der Waals surface area contributed by atoms with E-state index in [1.54, 1.807) is 12.3 Å². The summed E-state index contributed by atoms with van der Waals surface area (Å²) in [5.41, 5.74) is 7.93. The van der Waals surface area contributed by atoms with Gasteiger partial charge in [0.1, 0.15) is 5.82 Å². The standard InChI is InChI=1S/C16H14FN3/c1-16(18,15-7-6-13(17)10-20-15)12-8-11-4-2-3-5-14(11)19-9-12/h2-10H,18H2,1H3. The van der Waals surface area contributed by atoms with E-state index in [1.807, 2.05) is 37.3 Å². The topological polar surface area (TPSA) is 51.8 Å². The van der Waals surface area contributed by atoms with Crippen LogP contribution in [0.15, 0.2) is 54.9 Å². The molecule has 3 aromatic rings. The molecular formula is C16H14FN3. The number of rotatable bonds is 2. The van der Waals surface area contributed by atoms with Gasteiger partial charge in [0, 0.05) is 11.6 Å². The first-order valence-corrected chi connectivity index (χ1v) is 6.33. The molecule has 0 saturated carbocycles. The number of pyridine rings is 2. The van der Waals surface area contributed by atoms with Crippen molar-refractivity contribution in [3.63, 3.8) is 0 Å². The minimum absolute atomic E-state index is 0.374. The molecule has 2 N–H and O–H groups in total. The number of nitrogens with zero attached hydrogens (tertiary/aromatic N) is 2. The molecule has 0 aliphatic carbocycles. The van der Waals surface area contributed by atoms with E-state index in [4.69, 9.17) is 5.73 Å². The van der Waals surface area contributed by atoms with Crippen LogP contribution >= 0.6 is 0 Å². The average molecular weight is 267 g/mol. The minimum atomic E-state index is -0.815. The van der Waals surface area contributed by atoms with E-state index in [-0.39, 0.29) is 5.82 Å². The predicted molar refractivity (Wildman–Crippen MR) is 76.6 cm³/mol. The molecule has 3 rings (SSSR count). The fourth-order valence-electron chi connectivity index (χ4n) is 2.19. The van der Waals surface area contributed by atoms with Gasteiger partial charge in [0.15, 0.2) is 0 Å². The zero-order chi connectivity index (χ0) is 14.2. The van der Waals surface area contributed by atoms with Gasteiger partial charge in [0.25, 0.3) is 0 Å². The van der Waals surface area contributed by atoms with E-state index in [0.717, 1.165) is 16.5 Å². The summed E-state index contributed by atoms with van der Waals surface area (Å²) in [4.78, 5) is 8.49. The molecular weight excluding hydrogens is 253 g/mol. The average Bonchev–Trinajstić information content (AvgIpc) is 2.47. The van der Waals surface area contributed by atoms with Gasteiger partial charge in [0.05, 0.1) is 22.9 Å². The molecule has 1 unspecified atom stereocenters. The summed E-state index contributed by atoms with van der Waals surface area (Å²) in [5, 5.41) is 1.02. The van der Waals surface area contributed by atoms with Crippen LogP contribution in [0.3, 0.4) is 0 Å². The number of benzene rings is 1. The van der Waals surface area contributed by atoms with Crippen molar-refractivity contribution >= 4 is 10.9 Å². The molecule has 1 aromatic carbocycles. The van der Waals surface area contributed by atoms with Crippen molar-refractivity contribution in [2.45, 2.75) is 12.5 Å². The molecule has 0 aliphatic rings. The van der Waals surface area contributed by atoms with Gasteiger partial charge in [0.2, 0.25) is 0 Å². The molecule has 2 aromatic heterocycles. The third-order valence-corrected chi connectivity index (χ3v) is 3.45. The van der Waals surface area contributed by atoms with Crippen molar-refractivity contribution in [2.24, 2.45) is 5.73 Å². The summed E-state index contributed by atoms with van der Waals surface area (Å²) in [7, 11) is 0. The molecule has 2 heterocycles. The molecule has 0 radical (unpaired) electrons. The van der Waals surface area contributed by atoms with Crippen molar-refractivity contribution in [3.8, 4) is 0 Å². The molecule has 0 bridgehead atoms. The van der Waals surface area contributed by atoms with Crippen molar-refractivity contribution in [1.29, 1.82) is 0 Å². The van der Waals surface area contributed by atoms with E-state index in [2.05, 4.69) is 9.97 Å². The van der Waals surface area contributed by atoms with E-state index in [1.165, 1.54) is 12.3 Å². The van der Waals surface area contributed by atoms with Crippen LogP contribution in [0, 0.1) is 5.82 Å². The summed E-state index contributed by atoms with van der Waals surface area (Å²) in [6, 6.07) is 12.8. The van der Waals surface area contributed by atoms with Gasteiger partial charge in [-0.1, -0.05) is 18.2 Å². The maximum absolute atomic E-state index is 13.0. The van der Waals surface area contributed by atoms with Gasteiger partial charge in [-0.3, -0.25) is 9.97 Å². The van der Waals surface area contributed by atoms with Crippen LogP contribution in [0.5, 0.6) is 0 Å². The molecule has 0 aliphatic heterocycles. The Morgan fingerprint density at radius 1 is 1.05 bits per heavy atom. The van der Waals surface area contributed by atoms with Crippen LogP contribution in [-0.2, 0) is 5.54 Å². The smallest absolute Gasteiger partial charge is 0.141 e. The van der Waals surface area contributed by atoms with Crippen LogP contribution in [0.1, 0.15) is 18.2 Å². The Bertz CT molecular complexity index is 751. The van der Waals surface area contributed by atoms with E-state index in [0.29, 0.717) is 5.69 Å². The first-order chi connectivity index (χ1) is 9.57. The molecule has 0 amide bonds. The Labute approximate surface area is 116 Å². The Balaban J connectivity index is 2.10. The Hall–Kier alpha value is -2.33. The van der Waals surface area contributed by atoms with Crippen LogP contribution in [0.2, 0.25) is 0 Å². The summed E-state index contributed by atoms with van der Waals surface area (Å²) in [5.74, 6) is -0.374. The number of fused-ring (bicyclic) bond motifs is 1. The molecule has 0 fully saturated rings. The second-order valence-corrected chi connectivity index (χ2v) is 4.98. The molecule has 0 saturated heterocycles. The predicted octanol–water partition coefficient (Wildman–Crippen LogP) is 2.99. The highest BCUT2D eigenvalue weighted by Gasteiger charge is 2.26. The van der Waals surface area contributed by atoms with Crippen molar-refractivity contribution < 1.29 is 4.39 Å². The summed E-state index contributed by atoms with van der Waals surface area (Å²) >= 11 is 0. The Morgan fingerprint density at radius 2 is 1.85 bits per heavy atom. The van der Waals surface area contributed by atoms with Gasteiger partial charge in [-0.2, -0.15) is 0 Å². The van der Waals surface area contributed by atoms with E-state index >= 15 is 0 Å². The first kappa shape index (κ1) is 12.7. The first-order valence-electron chi connectivity index (χ1n) is 6.33. The lowest BCUT2D eigenvalue weighted by atomic mass is 9.89. The third kappa shape index (κ3) is 2.14. The van der Waals surface area contributed by atoms with Crippen molar-refractivity contribution in [2.75, 3.05) is 0 Å². The lowest BCUT2D eigenvalue weighted by Crippen LogP contribution is -2.35. The molecule has 3 nitrogen and oxygen atoms in total. The summed E-state index contributed by atoms with van der Waals surface area (Å²) in [6.07, 6.45) is 2.92. The number of para-hydroxylation sites is 1. The van der Waals surface area contributed by atoms with E-state index < -0.39 is 5.54 Å². The van der Waals surface area contributed by atoms with Gasteiger partial charge in [-0.05, 0) is 36.8 Å². The summed E-state index contributed by atoms with van der Waals surface area (Å²) < 4.78 is 13.0. The highest BCUT2D eigenvalue weighted by atomic mass is 19.1. The van der Waals surface area contributed by atoms with Crippen LogP contribution in [0.25, 0.3) is 10.9 Å². The maximum Gasteiger partial charge on any atom is 0.141 e. The number of hydrogen-bond acceptors (Lipinski definition) is 3. The molecule has 1 atom stereocenters. The SMILES string of the molecule is CC(N)(c1cnc2ccccc2c1)c1ccc(F)cn1. The molecule has 100 valence electrons. The number of hydrogen-bond donors (Lipinski definition) is 1. The second kappa shape index (κ2) is 4.65. The van der Waals surface area contributed by atoms with Crippen molar-refractivity contribution in [1.82, 2.24) is 9.97 Å². The monoisotopic (exact) mass is 267 g/mol. The highest BCUT2D eigenvalue weighted by molar-refractivity contribution is 5.79. The molecule has 4 heteroatoms. The minimum Gasteiger partial charge on any atom is -0.317 e. The number of nitrogens with two attached hydrogens (primary N) is 1.